The van der Waals surface area contributed by atoms with E-state index in [9.17, 15) is 5.11 Å². The van der Waals surface area contributed by atoms with Crippen molar-refractivity contribution in [3.63, 3.8) is 0 Å². The molecule has 0 aliphatic carbocycles. The van der Waals surface area contributed by atoms with Gasteiger partial charge in [0.2, 0.25) is 0 Å². The first-order chi connectivity index (χ1) is 8.03. The van der Waals surface area contributed by atoms with Crippen LogP contribution >= 0.6 is 0 Å². The molecule has 1 aromatic carbocycles. The van der Waals surface area contributed by atoms with Crippen molar-refractivity contribution >= 4 is 10.9 Å². The van der Waals surface area contributed by atoms with Crippen LogP contribution in [-0.2, 0) is 13.6 Å². The molecule has 0 aliphatic heterocycles. The Morgan fingerprint density at radius 1 is 1.35 bits per heavy atom. The highest BCUT2D eigenvalue weighted by molar-refractivity contribution is 5.81. The van der Waals surface area contributed by atoms with Gasteiger partial charge in [0.15, 0.2) is 0 Å². The number of nitrogens with zero attached hydrogens (tertiary/aromatic N) is 2. The standard InChI is InChI=1S/C13H19N3O/c1-13(2,9-17)14-8-11-10-6-4-5-7-12(10)16(3)15-11/h4-7,14,17H,8-9H2,1-3H3. The molecule has 0 radical (unpaired) electrons. The number of hydrogen-bond donors (Lipinski definition) is 2. The number of aliphatic hydroxyl groups is 1. The smallest absolute Gasteiger partial charge is 0.0841 e. The second-order valence-corrected chi connectivity index (χ2v) is 4.98. The number of benzene rings is 1. The molecule has 4 nitrogen and oxygen atoms in total. The summed E-state index contributed by atoms with van der Waals surface area (Å²) in [6.45, 7) is 4.71. The molecule has 0 unspecified atom stereocenters. The Morgan fingerprint density at radius 2 is 2.06 bits per heavy atom. The molecule has 0 atom stereocenters. The predicted octanol–water partition coefficient (Wildman–Crippen LogP) is 1.43. The Balaban J connectivity index is 2.25. The van der Waals surface area contributed by atoms with Gasteiger partial charge in [0.25, 0.3) is 0 Å². The maximum absolute atomic E-state index is 9.20. The Kier molecular flexibility index (Phi) is 3.17. The van der Waals surface area contributed by atoms with E-state index in [0.29, 0.717) is 6.54 Å². The lowest BCUT2D eigenvalue weighted by Gasteiger charge is -2.22. The summed E-state index contributed by atoms with van der Waals surface area (Å²) in [7, 11) is 1.95. The second kappa shape index (κ2) is 4.47. The molecule has 2 N–H and O–H groups in total. The van der Waals surface area contributed by atoms with Crippen LogP contribution in [0.1, 0.15) is 19.5 Å². The fourth-order valence-electron chi connectivity index (χ4n) is 1.80. The Hall–Kier alpha value is -1.39. The van der Waals surface area contributed by atoms with Crippen molar-refractivity contribution in [1.29, 1.82) is 0 Å². The van der Waals surface area contributed by atoms with Gasteiger partial charge in [0.1, 0.15) is 0 Å². The highest BCUT2D eigenvalue weighted by Gasteiger charge is 2.16. The second-order valence-electron chi connectivity index (χ2n) is 4.98. The van der Waals surface area contributed by atoms with Crippen LogP contribution in [0.15, 0.2) is 24.3 Å². The molecule has 0 saturated heterocycles. The monoisotopic (exact) mass is 233 g/mol. The van der Waals surface area contributed by atoms with Crippen molar-refractivity contribution in [2.45, 2.75) is 25.9 Å². The number of hydrogen-bond acceptors (Lipinski definition) is 3. The van der Waals surface area contributed by atoms with Crippen LogP contribution in [0.3, 0.4) is 0 Å². The molecule has 0 spiro atoms. The molecule has 2 rings (SSSR count). The van der Waals surface area contributed by atoms with Gasteiger partial charge in [-0.05, 0) is 19.9 Å². The van der Waals surface area contributed by atoms with E-state index in [1.807, 2.05) is 37.7 Å². The lowest BCUT2D eigenvalue weighted by atomic mass is 10.1. The van der Waals surface area contributed by atoms with Crippen molar-refractivity contribution in [1.82, 2.24) is 15.1 Å². The van der Waals surface area contributed by atoms with Crippen molar-refractivity contribution in [3.05, 3.63) is 30.0 Å². The molecule has 2 aromatic rings. The van der Waals surface area contributed by atoms with Crippen molar-refractivity contribution in [2.75, 3.05) is 6.61 Å². The Labute approximate surface area is 101 Å². The summed E-state index contributed by atoms with van der Waals surface area (Å²) in [5, 5.41) is 18.2. The van der Waals surface area contributed by atoms with Crippen LogP contribution in [0.2, 0.25) is 0 Å². The average Bonchev–Trinajstić information content (AvgIpc) is 2.65. The minimum Gasteiger partial charge on any atom is -0.394 e. The average molecular weight is 233 g/mol. The third-order valence-electron chi connectivity index (χ3n) is 2.96. The number of nitrogens with one attached hydrogen (secondary N) is 1. The van der Waals surface area contributed by atoms with Gasteiger partial charge in [-0.3, -0.25) is 4.68 Å². The zero-order chi connectivity index (χ0) is 12.5. The molecule has 0 aliphatic rings. The Bertz CT molecular complexity index is 516. The fourth-order valence-corrected chi connectivity index (χ4v) is 1.80. The first-order valence-corrected chi connectivity index (χ1v) is 5.80. The molecule has 1 heterocycles. The van der Waals surface area contributed by atoms with Crippen LogP contribution < -0.4 is 5.32 Å². The first kappa shape index (κ1) is 12.1. The van der Waals surface area contributed by atoms with E-state index in [1.54, 1.807) is 0 Å². The predicted molar refractivity (Wildman–Crippen MR) is 68.7 cm³/mol. The van der Waals surface area contributed by atoms with E-state index >= 15 is 0 Å². The topological polar surface area (TPSA) is 50.1 Å². The van der Waals surface area contributed by atoms with Crippen molar-refractivity contribution in [3.8, 4) is 0 Å². The largest absolute Gasteiger partial charge is 0.394 e. The van der Waals surface area contributed by atoms with Gasteiger partial charge in [0, 0.05) is 24.5 Å². The van der Waals surface area contributed by atoms with Gasteiger partial charge in [0.05, 0.1) is 17.8 Å². The summed E-state index contributed by atoms with van der Waals surface area (Å²) in [6.07, 6.45) is 0. The van der Waals surface area contributed by atoms with Crippen molar-refractivity contribution in [2.24, 2.45) is 7.05 Å². The quantitative estimate of drug-likeness (QED) is 0.840. The number of aliphatic hydroxyl groups excluding tert-OH is 1. The molecular weight excluding hydrogens is 214 g/mol. The lowest BCUT2D eigenvalue weighted by molar-refractivity contribution is 0.187. The molecule has 0 saturated carbocycles. The number of para-hydroxylation sites is 1. The highest BCUT2D eigenvalue weighted by atomic mass is 16.3. The summed E-state index contributed by atoms with van der Waals surface area (Å²) in [5.74, 6) is 0. The summed E-state index contributed by atoms with van der Waals surface area (Å²) < 4.78 is 1.89. The molecule has 17 heavy (non-hydrogen) atoms. The highest BCUT2D eigenvalue weighted by Crippen LogP contribution is 2.17. The van der Waals surface area contributed by atoms with Gasteiger partial charge in [-0.1, -0.05) is 18.2 Å². The van der Waals surface area contributed by atoms with Gasteiger partial charge in [-0.15, -0.1) is 0 Å². The zero-order valence-corrected chi connectivity index (χ0v) is 10.6. The number of fused-ring (bicyclic) bond motifs is 1. The van der Waals surface area contributed by atoms with E-state index in [1.165, 1.54) is 0 Å². The molecule has 4 heteroatoms. The lowest BCUT2D eigenvalue weighted by Crippen LogP contribution is -2.42. The molecule has 0 bridgehead atoms. The summed E-state index contributed by atoms with van der Waals surface area (Å²) in [4.78, 5) is 0. The van der Waals surface area contributed by atoms with Crippen molar-refractivity contribution < 1.29 is 5.11 Å². The number of aryl methyl sites for hydroxylation is 1. The van der Waals surface area contributed by atoms with E-state index in [4.69, 9.17) is 0 Å². The van der Waals surface area contributed by atoms with E-state index in [-0.39, 0.29) is 12.1 Å². The van der Waals surface area contributed by atoms with Gasteiger partial charge < -0.3 is 10.4 Å². The van der Waals surface area contributed by atoms with Crippen LogP contribution in [0.4, 0.5) is 0 Å². The normalized spacial score (nSPS) is 12.2. The van der Waals surface area contributed by atoms with Crippen LogP contribution in [0.5, 0.6) is 0 Å². The van der Waals surface area contributed by atoms with E-state index in [2.05, 4.69) is 22.5 Å². The van der Waals surface area contributed by atoms with Gasteiger partial charge >= 0.3 is 0 Å². The summed E-state index contributed by atoms with van der Waals surface area (Å²) >= 11 is 0. The molecule has 0 amide bonds. The summed E-state index contributed by atoms with van der Waals surface area (Å²) in [5.41, 5.74) is 1.87. The molecular formula is C13H19N3O. The third kappa shape index (κ3) is 2.48. The number of aromatic nitrogens is 2. The fraction of sp³-hybridized carbons (Fsp3) is 0.462. The van der Waals surface area contributed by atoms with E-state index < -0.39 is 0 Å². The molecule has 1 aromatic heterocycles. The molecule has 92 valence electrons. The third-order valence-corrected chi connectivity index (χ3v) is 2.96. The van der Waals surface area contributed by atoms with Gasteiger partial charge in [-0.25, -0.2) is 0 Å². The Morgan fingerprint density at radius 3 is 2.76 bits per heavy atom. The van der Waals surface area contributed by atoms with Crippen LogP contribution in [-0.4, -0.2) is 27.0 Å². The van der Waals surface area contributed by atoms with Crippen LogP contribution in [0.25, 0.3) is 10.9 Å². The minimum atomic E-state index is -0.279. The number of rotatable bonds is 4. The zero-order valence-electron chi connectivity index (χ0n) is 10.6. The first-order valence-electron chi connectivity index (χ1n) is 5.80. The molecule has 0 fully saturated rings. The maximum atomic E-state index is 9.20. The SMILES string of the molecule is Cn1nc(CNC(C)(C)CO)c2ccccc21. The minimum absolute atomic E-state index is 0.109. The van der Waals surface area contributed by atoms with Gasteiger partial charge in [-0.2, -0.15) is 5.10 Å². The van der Waals surface area contributed by atoms with Crippen LogP contribution in [0, 0.1) is 0 Å². The summed E-state index contributed by atoms with van der Waals surface area (Å²) in [6, 6.07) is 8.16. The maximum Gasteiger partial charge on any atom is 0.0841 e. The van der Waals surface area contributed by atoms with E-state index in [0.717, 1.165) is 16.6 Å².